The fourth-order valence-electron chi connectivity index (χ4n) is 1.89. The number of thiophene rings is 1. The number of nitrogens with one attached hydrogen (secondary N) is 1. The lowest BCUT2D eigenvalue weighted by molar-refractivity contribution is 0.0953. The van der Waals surface area contributed by atoms with E-state index in [1.807, 2.05) is 18.2 Å². The molecule has 0 bridgehead atoms. The Kier molecular flexibility index (Phi) is 6.01. The van der Waals surface area contributed by atoms with Crippen LogP contribution in [0, 0.1) is 11.8 Å². The summed E-state index contributed by atoms with van der Waals surface area (Å²) in [5.74, 6) is 5.30. The standard InChI is InChI=1S/C17H17NO2S/c19-11-5-9-16-12-15(13-21-16)17(20)18-10-4-8-14-6-2-1-3-7-14/h1-3,6-7,12-13,19H,4,8,10-11H2,(H,18,20). The monoisotopic (exact) mass is 299 g/mol. The zero-order valence-electron chi connectivity index (χ0n) is 11.6. The SMILES string of the molecule is O=C(NCCCc1ccccc1)c1csc(C#CCO)c1. The fraction of sp³-hybridized carbons (Fsp3) is 0.235. The topological polar surface area (TPSA) is 49.3 Å². The molecule has 0 saturated heterocycles. The van der Waals surface area contributed by atoms with E-state index in [1.165, 1.54) is 16.9 Å². The first-order valence-electron chi connectivity index (χ1n) is 6.80. The van der Waals surface area contributed by atoms with Crippen molar-refractivity contribution >= 4 is 17.2 Å². The first-order chi connectivity index (χ1) is 10.3. The van der Waals surface area contributed by atoms with E-state index in [4.69, 9.17) is 5.11 Å². The highest BCUT2D eigenvalue weighted by atomic mass is 32.1. The number of rotatable bonds is 5. The van der Waals surface area contributed by atoms with E-state index in [0.717, 1.165) is 17.7 Å². The maximum atomic E-state index is 11.9. The maximum Gasteiger partial charge on any atom is 0.252 e. The van der Waals surface area contributed by atoms with Crippen molar-refractivity contribution in [2.45, 2.75) is 12.8 Å². The van der Waals surface area contributed by atoms with Crippen molar-refractivity contribution in [3.63, 3.8) is 0 Å². The number of hydrogen-bond acceptors (Lipinski definition) is 3. The molecule has 1 aromatic heterocycles. The summed E-state index contributed by atoms with van der Waals surface area (Å²) in [6.07, 6.45) is 1.87. The average Bonchev–Trinajstić information content (AvgIpc) is 2.99. The van der Waals surface area contributed by atoms with E-state index in [0.29, 0.717) is 12.1 Å². The molecule has 0 aliphatic carbocycles. The lowest BCUT2D eigenvalue weighted by Crippen LogP contribution is -2.24. The lowest BCUT2D eigenvalue weighted by atomic mass is 10.1. The molecule has 2 rings (SSSR count). The highest BCUT2D eigenvalue weighted by molar-refractivity contribution is 7.10. The number of carbonyl (C=O) groups excluding carboxylic acids is 1. The molecule has 0 atom stereocenters. The molecule has 0 aliphatic heterocycles. The molecule has 0 radical (unpaired) electrons. The van der Waals surface area contributed by atoms with Gasteiger partial charge >= 0.3 is 0 Å². The number of amides is 1. The summed E-state index contributed by atoms with van der Waals surface area (Å²) in [6, 6.07) is 12.0. The van der Waals surface area contributed by atoms with Gasteiger partial charge < -0.3 is 10.4 Å². The molecule has 0 unspecified atom stereocenters. The highest BCUT2D eigenvalue weighted by Gasteiger charge is 2.07. The van der Waals surface area contributed by atoms with Crippen LogP contribution in [0.5, 0.6) is 0 Å². The molecule has 2 N–H and O–H groups in total. The molecular formula is C17H17NO2S. The second-order valence-corrected chi connectivity index (χ2v) is 5.42. The first-order valence-corrected chi connectivity index (χ1v) is 7.68. The molecule has 3 nitrogen and oxygen atoms in total. The van der Waals surface area contributed by atoms with Gasteiger partial charge in [-0.25, -0.2) is 0 Å². The van der Waals surface area contributed by atoms with Gasteiger partial charge in [0.15, 0.2) is 0 Å². The molecule has 0 saturated carbocycles. The minimum Gasteiger partial charge on any atom is -0.384 e. The lowest BCUT2D eigenvalue weighted by Gasteiger charge is -2.04. The van der Waals surface area contributed by atoms with Crippen LogP contribution in [0.2, 0.25) is 0 Å². The van der Waals surface area contributed by atoms with Crippen LogP contribution in [0.4, 0.5) is 0 Å². The third-order valence-electron chi connectivity index (χ3n) is 2.92. The van der Waals surface area contributed by atoms with Gasteiger partial charge in [-0.05, 0) is 24.5 Å². The van der Waals surface area contributed by atoms with Crippen LogP contribution in [0.1, 0.15) is 27.2 Å². The average molecular weight is 299 g/mol. The predicted molar refractivity (Wildman–Crippen MR) is 85.4 cm³/mol. The Morgan fingerprint density at radius 1 is 1.29 bits per heavy atom. The van der Waals surface area contributed by atoms with E-state index in [1.54, 1.807) is 11.4 Å². The molecular weight excluding hydrogens is 282 g/mol. The zero-order valence-corrected chi connectivity index (χ0v) is 12.5. The Morgan fingerprint density at radius 3 is 2.86 bits per heavy atom. The van der Waals surface area contributed by atoms with Crippen molar-refractivity contribution in [3.05, 3.63) is 57.8 Å². The summed E-state index contributed by atoms with van der Waals surface area (Å²) in [5, 5.41) is 13.3. The summed E-state index contributed by atoms with van der Waals surface area (Å²) >= 11 is 1.41. The minimum absolute atomic E-state index is 0.0728. The van der Waals surface area contributed by atoms with Crippen molar-refractivity contribution in [3.8, 4) is 11.8 Å². The molecule has 0 fully saturated rings. The molecule has 4 heteroatoms. The quantitative estimate of drug-likeness (QED) is 0.658. The van der Waals surface area contributed by atoms with Crippen LogP contribution in [-0.2, 0) is 6.42 Å². The molecule has 21 heavy (non-hydrogen) atoms. The van der Waals surface area contributed by atoms with Gasteiger partial charge in [0.1, 0.15) is 6.61 Å². The van der Waals surface area contributed by atoms with Gasteiger partial charge in [-0.2, -0.15) is 0 Å². The van der Waals surface area contributed by atoms with Gasteiger partial charge in [0.2, 0.25) is 0 Å². The summed E-state index contributed by atoms with van der Waals surface area (Å²) in [5.41, 5.74) is 1.91. The molecule has 1 aromatic carbocycles. The summed E-state index contributed by atoms with van der Waals surface area (Å²) in [4.78, 5) is 12.7. The molecule has 2 aromatic rings. The van der Waals surface area contributed by atoms with E-state index in [9.17, 15) is 4.79 Å². The van der Waals surface area contributed by atoms with Gasteiger partial charge in [-0.15, -0.1) is 11.3 Å². The van der Waals surface area contributed by atoms with Gasteiger partial charge in [-0.1, -0.05) is 42.2 Å². The van der Waals surface area contributed by atoms with Crippen LogP contribution in [0.15, 0.2) is 41.8 Å². The van der Waals surface area contributed by atoms with Gasteiger partial charge in [0.05, 0.1) is 10.4 Å². The Balaban J connectivity index is 1.75. The molecule has 108 valence electrons. The highest BCUT2D eigenvalue weighted by Crippen LogP contribution is 2.13. The molecule has 1 heterocycles. The smallest absolute Gasteiger partial charge is 0.252 e. The Bertz CT molecular complexity index is 638. The Morgan fingerprint density at radius 2 is 2.10 bits per heavy atom. The summed E-state index contributed by atoms with van der Waals surface area (Å²) in [7, 11) is 0. The van der Waals surface area contributed by atoms with Gasteiger partial charge in [0, 0.05) is 11.9 Å². The zero-order chi connectivity index (χ0) is 14.9. The van der Waals surface area contributed by atoms with Crippen LogP contribution >= 0.6 is 11.3 Å². The number of hydrogen-bond donors (Lipinski definition) is 2. The third kappa shape index (κ3) is 5.07. The molecule has 0 aliphatic rings. The van der Waals surface area contributed by atoms with Crippen LogP contribution in [0.25, 0.3) is 0 Å². The maximum absolute atomic E-state index is 11.9. The number of aliphatic hydroxyl groups excluding tert-OH is 1. The van der Waals surface area contributed by atoms with Crippen molar-refractivity contribution in [2.75, 3.05) is 13.2 Å². The molecule has 0 spiro atoms. The third-order valence-corrected chi connectivity index (χ3v) is 3.77. The Labute approximate surface area is 128 Å². The number of benzene rings is 1. The van der Waals surface area contributed by atoms with E-state index in [2.05, 4.69) is 29.3 Å². The minimum atomic E-state index is -0.168. The van der Waals surface area contributed by atoms with Crippen molar-refractivity contribution < 1.29 is 9.90 Å². The summed E-state index contributed by atoms with van der Waals surface area (Å²) < 4.78 is 0. The number of aliphatic hydroxyl groups is 1. The van der Waals surface area contributed by atoms with Crippen LogP contribution in [-0.4, -0.2) is 24.2 Å². The van der Waals surface area contributed by atoms with Gasteiger partial charge in [0.25, 0.3) is 5.91 Å². The fourth-order valence-corrected chi connectivity index (χ4v) is 2.64. The summed E-state index contributed by atoms with van der Waals surface area (Å²) in [6.45, 7) is 0.486. The van der Waals surface area contributed by atoms with Crippen molar-refractivity contribution in [1.29, 1.82) is 0 Å². The van der Waals surface area contributed by atoms with E-state index < -0.39 is 0 Å². The predicted octanol–water partition coefficient (Wildman–Crippen LogP) is 2.45. The largest absolute Gasteiger partial charge is 0.384 e. The van der Waals surface area contributed by atoms with Crippen molar-refractivity contribution in [2.24, 2.45) is 0 Å². The number of carbonyl (C=O) groups is 1. The Hall–Kier alpha value is -2.09. The van der Waals surface area contributed by atoms with Crippen molar-refractivity contribution in [1.82, 2.24) is 5.32 Å². The van der Waals surface area contributed by atoms with E-state index >= 15 is 0 Å². The van der Waals surface area contributed by atoms with Gasteiger partial charge in [-0.3, -0.25) is 4.79 Å². The second kappa shape index (κ2) is 8.25. The van der Waals surface area contributed by atoms with Crippen LogP contribution in [0.3, 0.4) is 0 Å². The number of aryl methyl sites for hydroxylation is 1. The van der Waals surface area contributed by atoms with E-state index in [-0.39, 0.29) is 12.5 Å². The van der Waals surface area contributed by atoms with Crippen LogP contribution < -0.4 is 5.32 Å². The first kappa shape index (κ1) is 15.3. The second-order valence-electron chi connectivity index (χ2n) is 4.50. The molecule has 1 amide bonds. The normalized spacial score (nSPS) is 9.76.